The topological polar surface area (TPSA) is 80.2 Å². The molecule has 1 fully saturated rings. The normalized spacial score (nSPS) is 19.3. The molecule has 2 amide bonds. The third-order valence-corrected chi connectivity index (χ3v) is 5.75. The van der Waals surface area contributed by atoms with Crippen molar-refractivity contribution in [1.82, 2.24) is 5.32 Å². The van der Waals surface area contributed by atoms with Crippen LogP contribution < -0.4 is 10.2 Å². The lowest BCUT2D eigenvalue weighted by Gasteiger charge is -2.26. The lowest BCUT2D eigenvalue weighted by Crippen LogP contribution is -2.41. The summed E-state index contributed by atoms with van der Waals surface area (Å²) in [6.07, 6.45) is 0.385. The van der Waals surface area contributed by atoms with Crippen LogP contribution in [0.25, 0.3) is 0 Å². The molecule has 3 heterocycles. The number of morpholine rings is 1. The van der Waals surface area contributed by atoms with Crippen molar-refractivity contribution in [3.63, 3.8) is 0 Å². The Hall–Kier alpha value is -2.42. The zero-order chi connectivity index (χ0) is 19.5. The first kappa shape index (κ1) is 18.9. The van der Waals surface area contributed by atoms with Crippen molar-refractivity contribution < 1.29 is 19.2 Å². The maximum Gasteiger partial charge on any atom is 0.261 e. The number of nitrogens with one attached hydrogen (secondary N) is 1. The maximum atomic E-state index is 12.1. The van der Waals surface area contributed by atoms with Crippen molar-refractivity contribution in [3.8, 4) is 0 Å². The Morgan fingerprint density at radius 1 is 1.29 bits per heavy atom. The molecule has 0 bridgehead atoms. The van der Waals surface area contributed by atoms with Gasteiger partial charge in [-0.3, -0.25) is 9.59 Å². The van der Waals surface area contributed by atoms with E-state index < -0.39 is 0 Å². The van der Waals surface area contributed by atoms with Gasteiger partial charge in [0.15, 0.2) is 0 Å². The zero-order valence-corrected chi connectivity index (χ0v) is 16.5. The number of rotatable bonds is 5. The number of benzene rings is 1. The Kier molecular flexibility index (Phi) is 5.61. The molecule has 1 aromatic carbocycles. The maximum absolute atomic E-state index is 12.1. The lowest BCUT2D eigenvalue weighted by molar-refractivity contribution is -0.125. The van der Waals surface area contributed by atoms with Crippen LogP contribution in [0.1, 0.15) is 21.7 Å². The molecule has 1 saturated heterocycles. The van der Waals surface area contributed by atoms with Crippen LogP contribution in [0.2, 0.25) is 4.34 Å². The number of hydrogen-bond donors (Lipinski definition) is 1. The average Bonchev–Trinajstić information content (AvgIpc) is 3.36. The number of ether oxygens (including phenoxy) is 1. The number of oxime groups is 1. The molecule has 7 nitrogen and oxygen atoms in total. The summed E-state index contributed by atoms with van der Waals surface area (Å²) in [7, 11) is 0. The fraction of sp³-hybridized carbons (Fsp3) is 0.316. The highest BCUT2D eigenvalue weighted by molar-refractivity contribution is 7.18. The molecule has 1 N–H and O–H groups in total. The predicted molar refractivity (Wildman–Crippen MR) is 107 cm³/mol. The van der Waals surface area contributed by atoms with Crippen LogP contribution >= 0.6 is 22.9 Å². The average molecular weight is 420 g/mol. The van der Waals surface area contributed by atoms with Crippen molar-refractivity contribution in [1.29, 1.82) is 0 Å². The van der Waals surface area contributed by atoms with Gasteiger partial charge in [0.1, 0.15) is 12.7 Å². The van der Waals surface area contributed by atoms with Crippen molar-refractivity contribution >= 4 is 46.2 Å². The second-order valence-corrected chi connectivity index (χ2v) is 8.14. The molecule has 1 aromatic heterocycles. The summed E-state index contributed by atoms with van der Waals surface area (Å²) in [5.74, 6) is -0.211. The molecule has 2 aliphatic rings. The molecule has 1 atom stereocenters. The first-order valence-electron chi connectivity index (χ1n) is 8.85. The molecule has 2 aromatic rings. The van der Waals surface area contributed by atoms with E-state index in [4.69, 9.17) is 21.2 Å². The van der Waals surface area contributed by atoms with Crippen LogP contribution in [-0.2, 0) is 14.4 Å². The van der Waals surface area contributed by atoms with Crippen LogP contribution in [0.15, 0.2) is 41.6 Å². The fourth-order valence-corrected chi connectivity index (χ4v) is 4.02. The molecule has 9 heteroatoms. The van der Waals surface area contributed by atoms with Crippen LogP contribution in [-0.4, -0.2) is 49.9 Å². The second-order valence-electron chi connectivity index (χ2n) is 6.43. The number of thiophene rings is 1. The molecule has 28 heavy (non-hydrogen) atoms. The lowest BCUT2D eigenvalue weighted by atomic mass is 10.0. The first-order valence-corrected chi connectivity index (χ1v) is 10.0. The van der Waals surface area contributed by atoms with Gasteiger partial charge in [0.05, 0.1) is 28.1 Å². The van der Waals surface area contributed by atoms with Gasteiger partial charge in [-0.25, -0.2) is 0 Å². The predicted octanol–water partition coefficient (Wildman–Crippen LogP) is 2.69. The molecule has 0 spiro atoms. The third-order valence-electron chi connectivity index (χ3n) is 4.52. The summed E-state index contributed by atoms with van der Waals surface area (Å²) in [6.45, 7) is 1.58. The van der Waals surface area contributed by atoms with Gasteiger partial charge in [0.25, 0.3) is 11.8 Å². The summed E-state index contributed by atoms with van der Waals surface area (Å²) in [6, 6.07) is 11.0. The molecule has 0 aliphatic carbocycles. The van der Waals surface area contributed by atoms with Crippen molar-refractivity contribution in [2.75, 3.05) is 31.2 Å². The van der Waals surface area contributed by atoms with Gasteiger partial charge in [-0.05, 0) is 29.8 Å². The number of hydrogen-bond acceptors (Lipinski definition) is 6. The molecular formula is C19H18ClN3O4S. The Morgan fingerprint density at radius 3 is 2.82 bits per heavy atom. The highest BCUT2D eigenvalue weighted by Crippen LogP contribution is 2.23. The Balaban J connectivity index is 1.31. The van der Waals surface area contributed by atoms with Crippen molar-refractivity contribution in [2.24, 2.45) is 5.16 Å². The Labute approximate surface area is 170 Å². The third kappa shape index (κ3) is 4.19. The molecule has 146 valence electrons. The van der Waals surface area contributed by atoms with Gasteiger partial charge in [0.2, 0.25) is 0 Å². The van der Waals surface area contributed by atoms with Crippen LogP contribution in [0.3, 0.4) is 0 Å². The largest absolute Gasteiger partial charge is 0.390 e. The number of carbonyl (C=O) groups is 2. The number of anilines is 1. The van der Waals surface area contributed by atoms with Gasteiger partial charge in [-0.1, -0.05) is 28.9 Å². The Morgan fingerprint density at radius 2 is 2.11 bits per heavy atom. The first-order chi connectivity index (χ1) is 13.6. The van der Waals surface area contributed by atoms with Crippen LogP contribution in [0, 0.1) is 0 Å². The summed E-state index contributed by atoms with van der Waals surface area (Å²) in [4.78, 5) is 31.7. The van der Waals surface area contributed by atoms with Gasteiger partial charge in [-0.15, -0.1) is 11.3 Å². The number of amides is 2. The quantitative estimate of drug-likeness (QED) is 0.808. The zero-order valence-electron chi connectivity index (χ0n) is 14.9. The van der Waals surface area contributed by atoms with E-state index in [1.807, 2.05) is 24.3 Å². The minimum atomic E-state index is -0.213. The van der Waals surface area contributed by atoms with Gasteiger partial charge >= 0.3 is 0 Å². The standard InChI is InChI=1S/C19H18ClN3O4S/c20-17-6-5-16(28-17)19(25)21-10-14-9-15(22-27-14)12-1-3-13(4-2-12)23-7-8-26-11-18(23)24/h1-6,14H,7-11H2,(H,21,25). The molecule has 0 radical (unpaired) electrons. The second kappa shape index (κ2) is 8.30. The smallest absolute Gasteiger partial charge is 0.261 e. The van der Waals surface area contributed by atoms with E-state index in [1.165, 1.54) is 11.3 Å². The van der Waals surface area contributed by atoms with Gasteiger partial charge < -0.3 is 19.8 Å². The van der Waals surface area contributed by atoms with Crippen LogP contribution in [0.5, 0.6) is 0 Å². The summed E-state index contributed by atoms with van der Waals surface area (Å²) >= 11 is 7.09. The number of halogens is 1. The fourth-order valence-electron chi connectivity index (χ4n) is 3.06. The minimum Gasteiger partial charge on any atom is -0.390 e. The van der Waals surface area contributed by atoms with E-state index in [0.717, 1.165) is 17.0 Å². The molecule has 4 rings (SSSR count). The van der Waals surface area contributed by atoms with Crippen molar-refractivity contribution in [3.05, 3.63) is 51.2 Å². The number of nitrogens with zero attached hydrogens (tertiary/aromatic N) is 2. The van der Waals surface area contributed by atoms with E-state index in [2.05, 4.69) is 10.5 Å². The van der Waals surface area contributed by atoms with Gasteiger partial charge in [-0.2, -0.15) is 0 Å². The van der Waals surface area contributed by atoms with E-state index in [9.17, 15) is 9.59 Å². The van der Waals surface area contributed by atoms with E-state index in [1.54, 1.807) is 17.0 Å². The van der Waals surface area contributed by atoms with Crippen LogP contribution in [0.4, 0.5) is 5.69 Å². The summed E-state index contributed by atoms with van der Waals surface area (Å²) < 4.78 is 5.74. The molecule has 1 unspecified atom stereocenters. The van der Waals surface area contributed by atoms with E-state index in [0.29, 0.717) is 35.3 Å². The highest BCUT2D eigenvalue weighted by atomic mass is 35.5. The van der Waals surface area contributed by atoms with Gasteiger partial charge in [0, 0.05) is 18.7 Å². The molecule has 0 saturated carbocycles. The molecule has 2 aliphatic heterocycles. The summed E-state index contributed by atoms with van der Waals surface area (Å²) in [5, 5.41) is 6.99. The highest BCUT2D eigenvalue weighted by Gasteiger charge is 2.24. The minimum absolute atomic E-state index is 0.0385. The van der Waals surface area contributed by atoms with E-state index in [-0.39, 0.29) is 24.5 Å². The SMILES string of the molecule is O=C(NCC1CC(c2ccc(N3CCOCC3=O)cc2)=NO1)c1ccc(Cl)s1. The Bertz CT molecular complexity index is 912. The molecular weight excluding hydrogens is 402 g/mol. The van der Waals surface area contributed by atoms with E-state index >= 15 is 0 Å². The summed E-state index contributed by atoms with van der Waals surface area (Å²) in [5.41, 5.74) is 2.59. The van der Waals surface area contributed by atoms with Crippen molar-refractivity contribution in [2.45, 2.75) is 12.5 Å². The number of carbonyl (C=O) groups excluding carboxylic acids is 2. The monoisotopic (exact) mass is 419 g/mol.